The highest BCUT2D eigenvalue weighted by Gasteiger charge is 2.20. The summed E-state index contributed by atoms with van der Waals surface area (Å²) in [5.74, 6) is 0.208. The molecule has 2 aromatic rings. The molecular weight excluding hydrogens is 272 g/mol. The molecule has 0 unspecified atom stereocenters. The van der Waals surface area contributed by atoms with Gasteiger partial charge in [-0.3, -0.25) is 9.59 Å². The van der Waals surface area contributed by atoms with Gasteiger partial charge >= 0.3 is 0 Å². The molecule has 0 bridgehead atoms. The summed E-state index contributed by atoms with van der Waals surface area (Å²) in [5.41, 5.74) is 1.31. The first-order chi connectivity index (χ1) is 10.2. The minimum atomic E-state index is -0.147. The summed E-state index contributed by atoms with van der Waals surface area (Å²) in [6, 6.07) is 6.93. The number of benzene rings is 1. The van der Waals surface area contributed by atoms with Gasteiger partial charge in [0.25, 0.3) is 5.91 Å². The monoisotopic (exact) mass is 286 g/mol. The van der Waals surface area contributed by atoms with E-state index in [0.717, 1.165) is 12.0 Å². The van der Waals surface area contributed by atoms with Gasteiger partial charge in [-0.25, -0.2) is 0 Å². The first-order valence-corrected chi connectivity index (χ1v) is 6.64. The number of amides is 2. The number of H-pyrrole nitrogens is 1. The fourth-order valence-corrected chi connectivity index (χ4v) is 2.21. The van der Waals surface area contributed by atoms with Gasteiger partial charge in [-0.15, -0.1) is 10.2 Å². The van der Waals surface area contributed by atoms with Gasteiger partial charge in [0.2, 0.25) is 11.7 Å². The maximum Gasteiger partial charge on any atom is 0.254 e. The fourth-order valence-electron chi connectivity index (χ4n) is 2.21. The predicted octanol–water partition coefficient (Wildman–Crippen LogP) is -0.171. The van der Waals surface area contributed by atoms with E-state index in [1.165, 1.54) is 0 Å². The van der Waals surface area contributed by atoms with Gasteiger partial charge < -0.3 is 10.2 Å². The molecule has 21 heavy (non-hydrogen) atoms. The van der Waals surface area contributed by atoms with Gasteiger partial charge in [-0.05, 0) is 23.8 Å². The lowest BCUT2D eigenvalue weighted by atomic mass is 10.1. The molecule has 1 aromatic carbocycles. The Morgan fingerprint density at radius 2 is 2.05 bits per heavy atom. The van der Waals surface area contributed by atoms with Crippen molar-refractivity contribution in [3.63, 3.8) is 0 Å². The quantitative estimate of drug-likeness (QED) is 0.797. The SMILES string of the molecule is O=C1CN(C(=O)c2ccc(-c3nn[nH]n3)cc2)CCCN1. The molecule has 8 heteroatoms. The number of hydrogen-bond acceptors (Lipinski definition) is 5. The molecule has 8 nitrogen and oxygen atoms in total. The summed E-state index contributed by atoms with van der Waals surface area (Å²) < 4.78 is 0. The van der Waals surface area contributed by atoms with Crippen molar-refractivity contribution in [1.82, 2.24) is 30.8 Å². The fraction of sp³-hybridized carbons (Fsp3) is 0.308. The number of hydrogen-bond donors (Lipinski definition) is 2. The summed E-state index contributed by atoms with van der Waals surface area (Å²) in [6.07, 6.45) is 0.762. The highest BCUT2D eigenvalue weighted by Crippen LogP contribution is 2.15. The Morgan fingerprint density at radius 1 is 1.24 bits per heavy atom. The van der Waals surface area contributed by atoms with E-state index in [1.54, 1.807) is 29.2 Å². The zero-order chi connectivity index (χ0) is 14.7. The van der Waals surface area contributed by atoms with Gasteiger partial charge in [0, 0.05) is 24.2 Å². The van der Waals surface area contributed by atoms with Crippen LogP contribution in [0.25, 0.3) is 11.4 Å². The molecule has 2 amide bonds. The number of carbonyl (C=O) groups excluding carboxylic acids is 2. The molecule has 108 valence electrons. The second-order valence-electron chi connectivity index (χ2n) is 4.74. The van der Waals surface area contributed by atoms with Crippen molar-refractivity contribution in [3.05, 3.63) is 29.8 Å². The lowest BCUT2D eigenvalue weighted by Gasteiger charge is -2.19. The van der Waals surface area contributed by atoms with E-state index >= 15 is 0 Å². The highest BCUT2D eigenvalue weighted by molar-refractivity contribution is 5.97. The molecule has 1 aliphatic rings. The number of nitrogens with one attached hydrogen (secondary N) is 2. The molecule has 0 atom stereocenters. The Kier molecular flexibility index (Phi) is 3.59. The Labute approximate surface area is 120 Å². The first-order valence-electron chi connectivity index (χ1n) is 6.64. The topological polar surface area (TPSA) is 104 Å². The van der Waals surface area contributed by atoms with Gasteiger partial charge in [-0.2, -0.15) is 5.21 Å². The Morgan fingerprint density at radius 3 is 2.76 bits per heavy atom. The summed E-state index contributed by atoms with van der Waals surface area (Å²) >= 11 is 0. The molecular formula is C13H14N6O2. The smallest absolute Gasteiger partial charge is 0.254 e. The molecule has 1 fully saturated rings. The molecule has 1 saturated heterocycles. The molecule has 1 aliphatic heterocycles. The van der Waals surface area contributed by atoms with Crippen molar-refractivity contribution in [1.29, 1.82) is 0 Å². The van der Waals surface area contributed by atoms with Gasteiger partial charge in [0.15, 0.2) is 0 Å². The second-order valence-corrected chi connectivity index (χ2v) is 4.74. The van der Waals surface area contributed by atoms with Crippen LogP contribution >= 0.6 is 0 Å². The minimum Gasteiger partial charge on any atom is -0.354 e. The van der Waals surface area contributed by atoms with Crippen LogP contribution < -0.4 is 5.32 Å². The van der Waals surface area contributed by atoms with Crippen LogP contribution in [0.15, 0.2) is 24.3 Å². The van der Waals surface area contributed by atoms with Crippen molar-refractivity contribution in [3.8, 4) is 11.4 Å². The minimum absolute atomic E-state index is 0.103. The van der Waals surface area contributed by atoms with Crippen molar-refractivity contribution in [2.75, 3.05) is 19.6 Å². The predicted molar refractivity (Wildman–Crippen MR) is 73.1 cm³/mol. The lowest BCUT2D eigenvalue weighted by Crippen LogP contribution is -2.37. The van der Waals surface area contributed by atoms with Crippen LogP contribution in [0.4, 0.5) is 0 Å². The third kappa shape index (κ3) is 2.88. The molecule has 3 rings (SSSR count). The summed E-state index contributed by atoms with van der Waals surface area (Å²) in [6.45, 7) is 1.29. The van der Waals surface area contributed by atoms with E-state index in [9.17, 15) is 9.59 Å². The van der Waals surface area contributed by atoms with Crippen LogP contribution in [0.2, 0.25) is 0 Å². The third-order valence-electron chi connectivity index (χ3n) is 3.28. The van der Waals surface area contributed by atoms with Crippen LogP contribution in [0.5, 0.6) is 0 Å². The summed E-state index contributed by atoms with van der Waals surface area (Å²) in [5, 5.41) is 16.4. The van der Waals surface area contributed by atoms with Crippen LogP contribution in [0, 0.1) is 0 Å². The van der Waals surface area contributed by atoms with Crippen molar-refractivity contribution < 1.29 is 9.59 Å². The van der Waals surface area contributed by atoms with E-state index in [2.05, 4.69) is 25.9 Å². The van der Waals surface area contributed by atoms with E-state index in [4.69, 9.17) is 0 Å². The normalized spacial score (nSPS) is 15.4. The average molecular weight is 286 g/mol. The third-order valence-corrected chi connectivity index (χ3v) is 3.28. The van der Waals surface area contributed by atoms with E-state index in [1.807, 2.05) is 0 Å². The van der Waals surface area contributed by atoms with Gasteiger partial charge in [0.05, 0.1) is 6.54 Å². The number of tetrazole rings is 1. The molecule has 2 heterocycles. The molecule has 2 N–H and O–H groups in total. The number of carbonyl (C=O) groups is 2. The van der Waals surface area contributed by atoms with Gasteiger partial charge in [0.1, 0.15) is 0 Å². The molecule has 0 radical (unpaired) electrons. The van der Waals surface area contributed by atoms with Crippen molar-refractivity contribution in [2.24, 2.45) is 0 Å². The molecule has 0 saturated carbocycles. The van der Waals surface area contributed by atoms with Crippen LogP contribution in [0.1, 0.15) is 16.8 Å². The number of aromatic amines is 1. The van der Waals surface area contributed by atoms with Crippen LogP contribution in [0.3, 0.4) is 0 Å². The van der Waals surface area contributed by atoms with Crippen molar-refractivity contribution in [2.45, 2.75) is 6.42 Å². The molecule has 0 spiro atoms. The second kappa shape index (κ2) is 5.70. The van der Waals surface area contributed by atoms with E-state index < -0.39 is 0 Å². The Balaban J connectivity index is 1.77. The summed E-state index contributed by atoms with van der Waals surface area (Å²) in [4.78, 5) is 25.5. The Hall–Kier alpha value is -2.77. The number of aromatic nitrogens is 4. The summed E-state index contributed by atoms with van der Waals surface area (Å²) in [7, 11) is 0. The van der Waals surface area contributed by atoms with Crippen molar-refractivity contribution >= 4 is 11.8 Å². The highest BCUT2D eigenvalue weighted by atomic mass is 16.2. The number of rotatable bonds is 2. The molecule has 0 aliphatic carbocycles. The maximum atomic E-state index is 12.4. The maximum absolute atomic E-state index is 12.4. The zero-order valence-electron chi connectivity index (χ0n) is 11.2. The van der Waals surface area contributed by atoms with E-state index in [-0.39, 0.29) is 18.4 Å². The number of nitrogens with zero attached hydrogens (tertiary/aromatic N) is 4. The average Bonchev–Trinajstić information content (AvgIpc) is 2.96. The Bertz CT molecular complexity index is 637. The first kappa shape index (κ1) is 13.2. The van der Waals surface area contributed by atoms with Crippen LogP contribution in [-0.4, -0.2) is 57.0 Å². The largest absolute Gasteiger partial charge is 0.354 e. The van der Waals surface area contributed by atoms with Gasteiger partial charge in [-0.1, -0.05) is 12.1 Å². The van der Waals surface area contributed by atoms with E-state index in [0.29, 0.717) is 24.5 Å². The zero-order valence-corrected chi connectivity index (χ0v) is 11.2. The standard InChI is InChI=1S/C13H14N6O2/c20-11-8-19(7-1-6-14-11)13(21)10-4-2-9(3-5-10)12-15-17-18-16-12/h2-5H,1,6-8H2,(H,14,20)(H,15,16,17,18). The lowest BCUT2D eigenvalue weighted by molar-refractivity contribution is -0.121. The molecule has 1 aromatic heterocycles. The van der Waals surface area contributed by atoms with Crippen LogP contribution in [-0.2, 0) is 4.79 Å².